The van der Waals surface area contributed by atoms with E-state index in [1.165, 1.54) is 0 Å². The lowest BCUT2D eigenvalue weighted by molar-refractivity contribution is -0.118. The number of nitrogens with zero attached hydrogens (tertiary/aromatic N) is 1. The third-order valence-electron chi connectivity index (χ3n) is 2.13. The van der Waals surface area contributed by atoms with E-state index in [1.54, 1.807) is 0 Å². The molecule has 1 atom stereocenters. The molecule has 0 aromatic heterocycles. The maximum absolute atomic E-state index is 11.0. The highest BCUT2D eigenvalue weighted by molar-refractivity contribution is 9.09. The van der Waals surface area contributed by atoms with Gasteiger partial charge in [0.1, 0.15) is 0 Å². The Bertz CT molecular complexity index is 167. The zero-order valence-electron chi connectivity index (χ0n) is 8.79. The van der Waals surface area contributed by atoms with Gasteiger partial charge in [-0.2, -0.15) is 0 Å². The summed E-state index contributed by atoms with van der Waals surface area (Å²) in [6, 6.07) is 0.259. The Labute approximate surface area is 93.8 Å². The highest BCUT2D eigenvalue weighted by atomic mass is 79.9. The molecule has 5 heteroatoms. The van der Waals surface area contributed by atoms with Crippen LogP contribution in [0.5, 0.6) is 0 Å². The van der Waals surface area contributed by atoms with E-state index in [0.717, 1.165) is 6.54 Å². The van der Waals surface area contributed by atoms with Crippen LogP contribution in [0.4, 0.5) is 0 Å². The van der Waals surface area contributed by atoms with Crippen molar-refractivity contribution in [3.63, 3.8) is 0 Å². The first-order chi connectivity index (χ1) is 6.65. The minimum atomic E-state index is -0.00287. The van der Waals surface area contributed by atoms with Gasteiger partial charge in [-0.3, -0.25) is 9.69 Å². The molecular weight excluding hydrogens is 248 g/mol. The van der Waals surface area contributed by atoms with Crippen molar-refractivity contribution in [3.05, 3.63) is 0 Å². The number of amides is 1. The zero-order valence-corrected chi connectivity index (χ0v) is 10.4. The molecule has 0 spiro atoms. The molecule has 0 fully saturated rings. The number of alkyl halides is 1. The summed E-state index contributed by atoms with van der Waals surface area (Å²) < 4.78 is 0. The summed E-state index contributed by atoms with van der Waals surface area (Å²) in [5.41, 5.74) is 0. The van der Waals surface area contributed by atoms with Crippen LogP contribution in [0.1, 0.15) is 13.8 Å². The fourth-order valence-corrected chi connectivity index (χ4v) is 1.45. The summed E-state index contributed by atoms with van der Waals surface area (Å²) in [7, 11) is 0. The van der Waals surface area contributed by atoms with Gasteiger partial charge in [0.2, 0.25) is 5.91 Å². The minimum Gasteiger partial charge on any atom is -0.395 e. The van der Waals surface area contributed by atoms with Crippen molar-refractivity contribution in [2.45, 2.75) is 19.9 Å². The van der Waals surface area contributed by atoms with Gasteiger partial charge in [0, 0.05) is 19.1 Å². The maximum Gasteiger partial charge on any atom is 0.230 e. The number of nitrogens with one attached hydrogen (secondary N) is 1. The second-order valence-electron chi connectivity index (χ2n) is 3.14. The van der Waals surface area contributed by atoms with Crippen LogP contribution in [-0.2, 0) is 4.79 Å². The van der Waals surface area contributed by atoms with Crippen LogP contribution >= 0.6 is 15.9 Å². The van der Waals surface area contributed by atoms with Crippen molar-refractivity contribution in [1.29, 1.82) is 0 Å². The quantitative estimate of drug-likeness (QED) is 0.648. The molecule has 84 valence electrons. The lowest BCUT2D eigenvalue weighted by Crippen LogP contribution is -2.43. The van der Waals surface area contributed by atoms with Crippen molar-refractivity contribution >= 4 is 21.8 Å². The Morgan fingerprint density at radius 3 is 2.71 bits per heavy atom. The monoisotopic (exact) mass is 266 g/mol. The molecule has 0 saturated heterocycles. The predicted octanol–water partition coefficient (Wildman–Crippen LogP) is 0.200. The van der Waals surface area contributed by atoms with Gasteiger partial charge in [0.25, 0.3) is 0 Å². The average molecular weight is 267 g/mol. The van der Waals surface area contributed by atoms with Gasteiger partial charge in [-0.05, 0) is 13.5 Å². The number of aliphatic hydroxyl groups excluding tert-OH is 1. The molecule has 0 aliphatic carbocycles. The molecular formula is C9H19BrN2O2. The molecule has 0 heterocycles. The Kier molecular flexibility index (Phi) is 8.12. The van der Waals surface area contributed by atoms with Gasteiger partial charge >= 0.3 is 0 Å². The molecule has 14 heavy (non-hydrogen) atoms. The van der Waals surface area contributed by atoms with E-state index in [9.17, 15) is 4.79 Å². The van der Waals surface area contributed by atoms with E-state index in [-0.39, 0.29) is 18.6 Å². The van der Waals surface area contributed by atoms with Crippen LogP contribution < -0.4 is 5.32 Å². The van der Waals surface area contributed by atoms with E-state index < -0.39 is 0 Å². The van der Waals surface area contributed by atoms with Gasteiger partial charge in [0.05, 0.1) is 11.9 Å². The van der Waals surface area contributed by atoms with Crippen molar-refractivity contribution in [3.8, 4) is 0 Å². The summed E-state index contributed by atoms with van der Waals surface area (Å²) in [5.74, 6) is -0.00287. The molecule has 4 nitrogen and oxygen atoms in total. The van der Waals surface area contributed by atoms with Crippen molar-refractivity contribution in [2.75, 3.05) is 31.6 Å². The van der Waals surface area contributed by atoms with E-state index in [0.29, 0.717) is 18.4 Å². The fraction of sp³-hybridized carbons (Fsp3) is 0.889. The van der Waals surface area contributed by atoms with Crippen LogP contribution in [0.25, 0.3) is 0 Å². The highest BCUT2D eigenvalue weighted by Gasteiger charge is 2.11. The molecule has 2 N–H and O–H groups in total. The fourth-order valence-electron chi connectivity index (χ4n) is 1.26. The average Bonchev–Trinajstić information content (AvgIpc) is 2.21. The van der Waals surface area contributed by atoms with E-state index >= 15 is 0 Å². The summed E-state index contributed by atoms with van der Waals surface area (Å²) in [4.78, 5) is 13.1. The highest BCUT2D eigenvalue weighted by Crippen LogP contribution is 1.96. The topological polar surface area (TPSA) is 52.6 Å². The number of carbonyl (C=O) groups is 1. The Balaban J connectivity index is 3.79. The molecule has 0 aliphatic rings. The Morgan fingerprint density at radius 1 is 1.64 bits per heavy atom. The standard InChI is InChI=1S/C9H19BrN2O2/c1-3-12(4-5-13)8(2)7-11-9(14)6-10/h8,13H,3-7H2,1-2H3,(H,11,14). The van der Waals surface area contributed by atoms with Crippen molar-refractivity contribution in [2.24, 2.45) is 0 Å². The number of likely N-dealkylation sites (N-methyl/N-ethyl adjacent to an activating group) is 1. The van der Waals surface area contributed by atoms with Gasteiger partial charge in [-0.15, -0.1) is 0 Å². The second kappa shape index (κ2) is 8.20. The second-order valence-corrected chi connectivity index (χ2v) is 3.70. The van der Waals surface area contributed by atoms with Crippen molar-refractivity contribution < 1.29 is 9.90 Å². The summed E-state index contributed by atoms with van der Waals surface area (Å²) in [6.07, 6.45) is 0. The van der Waals surface area contributed by atoms with Gasteiger partial charge < -0.3 is 10.4 Å². The molecule has 1 amide bonds. The largest absolute Gasteiger partial charge is 0.395 e. The van der Waals surface area contributed by atoms with Crippen LogP contribution in [-0.4, -0.2) is 53.5 Å². The molecule has 0 aromatic carbocycles. The first kappa shape index (κ1) is 13.9. The zero-order chi connectivity index (χ0) is 11.0. The van der Waals surface area contributed by atoms with Crippen LogP contribution in [0.15, 0.2) is 0 Å². The lowest BCUT2D eigenvalue weighted by Gasteiger charge is -2.26. The van der Waals surface area contributed by atoms with Crippen molar-refractivity contribution in [1.82, 2.24) is 10.2 Å². The molecule has 0 aromatic rings. The van der Waals surface area contributed by atoms with E-state index in [2.05, 4.69) is 26.1 Å². The molecule has 0 saturated carbocycles. The van der Waals surface area contributed by atoms with Crippen LogP contribution in [0.3, 0.4) is 0 Å². The number of carbonyl (C=O) groups excluding carboxylic acids is 1. The number of halogens is 1. The minimum absolute atomic E-state index is 0.00287. The number of aliphatic hydroxyl groups is 1. The van der Waals surface area contributed by atoms with E-state index in [4.69, 9.17) is 5.11 Å². The summed E-state index contributed by atoms with van der Waals surface area (Å²) in [6.45, 7) is 6.39. The summed E-state index contributed by atoms with van der Waals surface area (Å²) in [5, 5.41) is 11.9. The van der Waals surface area contributed by atoms with Crippen LogP contribution in [0.2, 0.25) is 0 Å². The molecule has 0 rings (SSSR count). The van der Waals surface area contributed by atoms with Gasteiger partial charge in [0.15, 0.2) is 0 Å². The summed E-state index contributed by atoms with van der Waals surface area (Å²) >= 11 is 3.08. The maximum atomic E-state index is 11.0. The third kappa shape index (κ3) is 5.57. The Morgan fingerprint density at radius 2 is 2.29 bits per heavy atom. The lowest BCUT2D eigenvalue weighted by atomic mass is 10.2. The third-order valence-corrected chi connectivity index (χ3v) is 2.64. The predicted molar refractivity (Wildman–Crippen MR) is 60.6 cm³/mol. The Hall–Kier alpha value is -0.130. The molecule has 0 aliphatic heterocycles. The first-order valence-corrected chi connectivity index (χ1v) is 5.95. The number of hydrogen-bond acceptors (Lipinski definition) is 3. The number of rotatable bonds is 7. The first-order valence-electron chi connectivity index (χ1n) is 4.83. The van der Waals surface area contributed by atoms with Gasteiger partial charge in [-0.25, -0.2) is 0 Å². The molecule has 1 unspecified atom stereocenters. The van der Waals surface area contributed by atoms with Crippen LogP contribution in [0, 0.1) is 0 Å². The molecule has 0 radical (unpaired) electrons. The SMILES string of the molecule is CCN(CCO)C(C)CNC(=O)CBr. The normalized spacial score (nSPS) is 12.9. The molecule has 0 bridgehead atoms. The smallest absolute Gasteiger partial charge is 0.230 e. The van der Waals surface area contributed by atoms with Gasteiger partial charge in [-0.1, -0.05) is 22.9 Å². The number of hydrogen-bond donors (Lipinski definition) is 2. The van der Waals surface area contributed by atoms with E-state index in [1.807, 2.05) is 13.8 Å².